The number of nitrogens with zero attached hydrogens (tertiary/aromatic N) is 5. The molecule has 1 saturated heterocycles. The standard InChI is InChI=1S/C24H25FN6O2/c1-29-21-20(22(32)28-24(29)33)31(15-18-6-2-3-7-19(18)25)23(27-21)30-11-8-16(9-12-30)13-17-5-4-10-26-14-17/h2-7,10,14,16H,8-9,11-13,15H2,1H3,(H,28,32,33). The maximum absolute atomic E-state index is 14.5. The predicted molar refractivity (Wildman–Crippen MR) is 124 cm³/mol. The summed E-state index contributed by atoms with van der Waals surface area (Å²) in [6.07, 6.45) is 6.59. The van der Waals surface area contributed by atoms with Crippen molar-refractivity contribution in [3.63, 3.8) is 0 Å². The molecule has 4 aromatic rings. The van der Waals surface area contributed by atoms with Gasteiger partial charge in [-0.2, -0.15) is 4.98 Å². The van der Waals surface area contributed by atoms with Gasteiger partial charge in [0.15, 0.2) is 11.2 Å². The molecule has 1 aliphatic rings. The lowest BCUT2D eigenvalue weighted by atomic mass is 9.91. The van der Waals surface area contributed by atoms with Crippen LogP contribution in [0.3, 0.4) is 0 Å². The van der Waals surface area contributed by atoms with Crippen LogP contribution in [0.25, 0.3) is 11.2 Å². The number of aromatic nitrogens is 5. The molecule has 0 radical (unpaired) electrons. The number of piperidine rings is 1. The van der Waals surface area contributed by atoms with Crippen molar-refractivity contribution in [1.29, 1.82) is 0 Å². The Bertz CT molecular complexity index is 1400. The van der Waals surface area contributed by atoms with Gasteiger partial charge in [-0.3, -0.25) is 23.9 Å². The fourth-order valence-electron chi connectivity index (χ4n) is 4.60. The number of imidazole rings is 1. The minimum absolute atomic E-state index is 0.148. The highest BCUT2D eigenvalue weighted by Gasteiger charge is 2.26. The van der Waals surface area contributed by atoms with E-state index in [1.54, 1.807) is 36.0 Å². The van der Waals surface area contributed by atoms with Crippen LogP contribution >= 0.6 is 0 Å². The first-order valence-electron chi connectivity index (χ1n) is 11.1. The van der Waals surface area contributed by atoms with Gasteiger partial charge in [0, 0.05) is 38.1 Å². The van der Waals surface area contributed by atoms with Crippen molar-refractivity contribution in [3.8, 4) is 0 Å². The third-order valence-corrected chi connectivity index (χ3v) is 6.42. The third kappa shape index (κ3) is 4.06. The second kappa shape index (κ2) is 8.65. The van der Waals surface area contributed by atoms with Gasteiger partial charge in [0.25, 0.3) is 5.56 Å². The molecule has 8 nitrogen and oxygen atoms in total. The number of hydrogen-bond acceptors (Lipinski definition) is 5. The average Bonchev–Trinajstić information content (AvgIpc) is 3.20. The van der Waals surface area contributed by atoms with Crippen LogP contribution in [0.15, 0.2) is 58.4 Å². The monoisotopic (exact) mass is 448 g/mol. The van der Waals surface area contributed by atoms with Crippen molar-refractivity contribution in [2.45, 2.75) is 25.8 Å². The zero-order valence-corrected chi connectivity index (χ0v) is 18.4. The van der Waals surface area contributed by atoms with Gasteiger partial charge in [-0.25, -0.2) is 9.18 Å². The van der Waals surface area contributed by atoms with Gasteiger partial charge in [-0.15, -0.1) is 0 Å². The number of aromatic amines is 1. The number of H-pyrrole nitrogens is 1. The molecule has 0 unspecified atom stereocenters. The lowest BCUT2D eigenvalue weighted by molar-refractivity contribution is 0.398. The Morgan fingerprint density at radius 1 is 1.12 bits per heavy atom. The Kier molecular flexibility index (Phi) is 5.53. The molecule has 3 aromatic heterocycles. The summed E-state index contributed by atoms with van der Waals surface area (Å²) in [5.74, 6) is 0.768. The van der Waals surface area contributed by atoms with E-state index in [9.17, 15) is 14.0 Å². The van der Waals surface area contributed by atoms with Crippen molar-refractivity contribution in [2.24, 2.45) is 13.0 Å². The fraction of sp³-hybridized carbons (Fsp3) is 0.333. The van der Waals surface area contributed by atoms with Crippen LogP contribution in [0.5, 0.6) is 0 Å². The molecule has 170 valence electrons. The van der Waals surface area contributed by atoms with Gasteiger partial charge < -0.3 is 4.90 Å². The van der Waals surface area contributed by atoms with Crippen molar-refractivity contribution in [3.05, 3.63) is 86.6 Å². The summed E-state index contributed by atoms with van der Waals surface area (Å²) in [6, 6.07) is 10.5. The molecule has 1 fully saturated rings. The predicted octanol–water partition coefficient (Wildman–Crippen LogP) is 2.46. The van der Waals surface area contributed by atoms with E-state index in [2.05, 4.69) is 20.9 Å². The molecule has 0 bridgehead atoms. The summed E-state index contributed by atoms with van der Waals surface area (Å²) in [7, 11) is 1.57. The second-order valence-electron chi connectivity index (χ2n) is 8.58. The number of fused-ring (bicyclic) bond motifs is 1. The van der Waals surface area contributed by atoms with Crippen LogP contribution in [0, 0.1) is 11.7 Å². The van der Waals surface area contributed by atoms with Gasteiger partial charge >= 0.3 is 5.69 Å². The van der Waals surface area contributed by atoms with E-state index in [0.717, 1.165) is 32.4 Å². The second-order valence-corrected chi connectivity index (χ2v) is 8.58. The number of anilines is 1. The van der Waals surface area contributed by atoms with Crippen LogP contribution < -0.4 is 16.1 Å². The summed E-state index contributed by atoms with van der Waals surface area (Å²) in [6.45, 7) is 1.67. The van der Waals surface area contributed by atoms with Crippen molar-refractivity contribution in [2.75, 3.05) is 18.0 Å². The molecule has 1 N–H and O–H groups in total. The number of hydrogen-bond donors (Lipinski definition) is 1. The Morgan fingerprint density at radius 3 is 2.64 bits per heavy atom. The fourth-order valence-corrected chi connectivity index (χ4v) is 4.60. The van der Waals surface area contributed by atoms with E-state index in [4.69, 9.17) is 4.98 Å². The van der Waals surface area contributed by atoms with Crippen molar-refractivity contribution >= 4 is 17.1 Å². The Morgan fingerprint density at radius 2 is 1.91 bits per heavy atom. The van der Waals surface area contributed by atoms with E-state index < -0.39 is 11.2 Å². The maximum atomic E-state index is 14.5. The zero-order chi connectivity index (χ0) is 22.9. The van der Waals surface area contributed by atoms with Gasteiger partial charge in [-0.05, 0) is 42.9 Å². The molecule has 0 spiro atoms. The number of rotatable bonds is 5. The molecule has 1 aromatic carbocycles. The first-order chi connectivity index (χ1) is 16.0. The molecular weight excluding hydrogens is 423 g/mol. The van der Waals surface area contributed by atoms with E-state index >= 15 is 0 Å². The van der Waals surface area contributed by atoms with Gasteiger partial charge in [0.2, 0.25) is 5.95 Å². The largest absolute Gasteiger partial charge is 0.342 e. The molecule has 5 rings (SSSR count). The van der Waals surface area contributed by atoms with Crippen molar-refractivity contribution in [1.82, 2.24) is 24.1 Å². The number of halogens is 1. The summed E-state index contributed by atoms with van der Waals surface area (Å²) in [5, 5.41) is 0. The minimum atomic E-state index is -0.523. The maximum Gasteiger partial charge on any atom is 0.329 e. The topological polar surface area (TPSA) is 88.8 Å². The SMILES string of the molecule is Cn1c(=O)[nH]c(=O)c2c1nc(N1CCC(Cc3cccnc3)CC1)n2Cc1ccccc1F. The molecule has 4 heterocycles. The van der Waals surface area contributed by atoms with Gasteiger partial charge in [-0.1, -0.05) is 24.3 Å². The Balaban J connectivity index is 1.49. The highest BCUT2D eigenvalue weighted by atomic mass is 19.1. The molecule has 0 saturated carbocycles. The highest BCUT2D eigenvalue weighted by molar-refractivity contribution is 5.74. The molecule has 33 heavy (non-hydrogen) atoms. The summed E-state index contributed by atoms with van der Waals surface area (Å²) >= 11 is 0. The highest BCUT2D eigenvalue weighted by Crippen LogP contribution is 2.28. The van der Waals surface area contributed by atoms with E-state index in [0.29, 0.717) is 23.1 Å². The molecule has 0 amide bonds. The Hall–Kier alpha value is -3.75. The molecule has 0 aliphatic carbocycles. The van der Waals surface area contributed by atoms with E-state index in [-0.39, 0.29) is 17.9 Å². The van der Waals surface area contributed by atoms with Crippen LogP contribution in [-0.2, 0) is 20.0 Å². The first-order valence-corrected chi connectivity index (χ1v) is 11.1. The van der Waals surface area contributed by atoms with Gasteiger partial charge in [0.05, 0.1) is 6.54 Å². The Labute approximate surface area is 189 Å². The number of aryl methyl sites for hydroxylation is 1. The third-order valence-electron chi connectivity index (χ3n) is 6.42. The quantitative estimate of drug-likeness (QED) is 0.507. The van der Waals surface area contributed by atoms with Crippen molar-refractivity contribution < 1.29 is 4.39 Å². The smallest absolute Gasteiger partial charge is 0.329 e. The zero-order valence-electron chi connectivity index (χ0n) is 18.4. The number of benzene rings is 1. The number of pyridine rings is 1. The molecule has 9 heteroatoms. The molecule has 0 atom stereocenters. The average molecular weight is 449 g/mol. The van der Waals surface area contributed by atoms with Gasteiger partial charge in [0.1, 0.15) is 5.82 Å². The minimum Gasteiger partial charge on any atom is -0.342 e. The van der Waals surface area contributed by atoms with E-state index in [1.165, 1.54) is 16.2 Å². The molecular formula is C24H25FN6O2. The van der Waals surface area contributed by atoms with E-state index in [1.807, 2.05) is 12.3 Å². The van der Waals surface area contributed by atoms with Crippen LogP contribution in [0.1, 0.15) is 24.0 Å². The van der Waals surface area contributed by atoms with Crippen LogP contribution in [-0.4, -0.2) is 37.2 Å². The van der Waals surface area contributed by atoms with Crippen LogP contribution in [0.4, 0.5) is 10.3 Å². The van der Waals surface area contributed by atoms with Crippen LogP contribution in [0.2, 0.25) is 0 Å². The summed E-state index contributed by atoms with van der Waals surface area (Å²) < 4.78 is 17.5. The summed E-state index contributed by atoms with van der Waals surface area (Å²) in [5.41, 5.74) is 1.21. The normalized spacial score (nSPS) is 14.8. The lowest BCUT2D eigenvalue weighted by Gasteiger charge is -2.33. The lowest BCUT2D eigenvalue weighted by Crippen LogP contribution is -2.36. The summed E-state index contributed by atoms with van der Waals surface area (Å²) in [4.78, 5) is 38.3. The number of nitrogens with one attached hydrogen (secondary N) is 1. The first kappa shape index (κ1) is 21.1. The molecule has 1 aliphatic heterocycles.